The van der Waals surface area contributed by atoms with Crippen LogP contribution in [0.2, 0.25) is 0 Å². The van der Waals surface area contributed by atoms with Gasteiger partial charge in [0.25, 0.3) is 0 Å². The van der Waals surface area contributed by atoms with Gasteiger partial charge in [0, 0.05) is 13.1 Å². The van der Waals surface area contributed by atoms with E-state index in [-0.39, 0.29) is 25.9 Å². The predicted molar refractivity (Wildman–Crippen MR) is 71.8 cm³/mol. The maximum atomic E-state index is 11.8. The summed E-state index contributed by atoms with van der Waals surface area (Å²) >= 11 is 0. The molecule has 1 aromatic carbocycles. The van der Waals surface area contributed by atoms with Gasteiger partial charge in [0.15, 0.2) is 0 Å². The van der Waals surface area contributed by atoms with E-state index in [1.807, 2.05) is 37.3 Å². The van der Waals surface area contributed by atoms with Crippen LogP contribution in [0.4, 0.5) is 4.79 Å². The Morgan fingerprint density at radius 3 is 2.63 bits per heavy atom. The van der Waals surface area contributed by atoms with E-state index >= 15 is 0 Å². The van der Waals surface area contributed by atoms with Crippen molar-refractivity contribution in [3.63, 3.8) is 0 Å². The van der Waals surface area contributed by atoms with Gasteiger partial charge in [-0.15, -0.1) is 0 Å². The summed E-state index contributed by atoms with van der Waals surface area (Å²) in [4.78, 5) is 13.4. The predicted octanol–water partition coefficient (Wildman–Crippen LogP) is 1.65. The summed E-state index contributed by atoms with van der Waals surface area (Å²) in [5, 5.41) is 8.58. The average Bonchev–Trinajstić information content (AvgIpc) is 2.46. The molecule has 0 saturated carbocycles. The van der Waals surface area contributed by atoms with Crippen LogP contribution in [0, 0.1) is 0 Å². The first-order valence-corrected chi connectivity index (χ1v) is 6.42. The van der Waals surface area contributed by atoms with Crippen molar-refractivity contribution in [1.29, 1.82) is 0 Å². The summed E-state index contributed by atoms with van der Waals surface area (Å²) in [5.41, 5.74) is 0.962. The Bertz CT molecular complexity index is 356. The minimum absolute atomic E-state index is 0.00935. The number of amides is 1. The molecular formula is C14H21NO4. The molecule has 1 aromatic rings. The summed E-state index contributed by atoms with van der Waals surface area (Å²) in [5.74, 6) is 0. The Morgan fingerprint density at radius 1 is 1.26 bits per heavy atom. The van der Waals surface area contributed by atoms with E-state index in [2.05, 4.69) is 0 Å². The zero-order valence-electron chi connectivity index (χ0n) is 11.2. The van der Waals surface area contributed by atoms with Gasteiger partial charge in [-0.2, -0.15) is 0 Å². The normalized spacial score (nSPS) is 10.2. The van der Waals surface area contributed by atoms with Crippen molar-refractivity contribution in [3.8, 4) is 0 Å². The quantitative estimate of drug-likeness (QED) is 0.728. The third kappa shape index (κ3) is 6.22. The van der Waals surface area contributed by atoms with Gasteiger partial charge in [-0.1, -0.05) is 30.3 Å². The highest BCUT2D eigenvalue weighted by atomic mass is 16.6. The number of likely N-dealkylation sites (N-methyl/N-ethyl adjacent to an activating group) is 1. The molecular weight excluding hydrogens is 246 g/mol. The van der Waals surface area contributed by atoms with E-state index < -0.39 is 0 Å². The molecule has 1 N–H and O–H groups in total. The molecule has 0 aliphatic carbocycles. The maximum Gasteiger partial charge on any atom is 0.410 e. The molecule has 0 spiro atoms. The molecule has 0 bridgehead atoms. The van der Waals surface area contributed by atoms with Gasteiger partial charge in [0.05, 0.1) is 19.8 Å². The van der Waals surface area contributed by atoms with Crippen LogP contribution >= 0.6 is 0 Å². The standard InChI is InChI=1S/C14H21NO4/c1-2-15(8-10-18-11-9-16)14(17)19-12-13-6-4-3-5-7-13/h3-7,16H,2,8-12H2,1H3. The topological polar surface area (TPSA) is 59.0 Å². The van der Waals surface area contributed by atoms with Crippen LogP contribution in [0.15, 0.2) is 30.3 Å². The molecule has 1 rings (SSSR count). The molecule has 0 fully saturated rings. The van der Waals surface area contributed by atoms with Gasteiger partial charge in [0.1, 0.15) is 6.61 Å². The van der Waals surface area contributed by atoms with Gasteiger partial charge < -0.3 is 19.5 Å². The zero-order valence-corrected chi connectivity index (χ0v) is 11.2. The third-order valence-corrected chi connectivity index (χ3v) is 2.59. The first-order chi connectivity index (χ1) is 9.27. The molecule has 5 heteroatoms. The molecule has 106 valence electrons. The fraction of sp³-hybridized carbons (Fsp3) is 0.500. The highest BCUT2D eigenvalue weighted by Crippen LogP contribution is 2.03. The Hall–Kier alpha value is -1.59. The number of carbonyl (C=O) groups is 1. The zero-order chi connectivity index (χ0) is 13.9. The molecule has 19 heavy (non-hydrogen) atoms. The van der Waals surface area contributed by atoms with Crippen molar-refractivity contribution < 1.29 is 19.4 Å². The Balaban J connectivity index is 2.29. The van der Waals surface area contributed by atoms with E-state index in [9.17, 15) is 4.79 Å². The Morgan fingerprint density at radius 2 is 2.00 bits per heavy atom. The summed E-state index contributed by atoms with van der Waals surface area (Å²) < 4.78 is 10.3. The van der Waals surface area contributed by atoms with Crippen LogP contribution in [0.1, 0.15) is 12.5 Å². The number of hydrogen-bond acceptors (Lipinski definition) is 4. The molecule has 0 saturated heterocycles. The van der Waals surface area contributed by atoms with E-state index in [0.29, 0.717) is 19.7 Å². The number of ether oxygens (including phenoxy) is 2. The fourth-order valence-electron chi connectivity index (χ4n) is 1.53. The SMILES string of the molecule is CCN(CCOCCO)C(=O)OCc1ccccc1. The maximum absolute atomic E-state index is 11.8. The van der Waals surface area contributed by atoms with Crippen LogP contribution in [0.3, 0.4) is 0 Å². The van der Waals surface area contributed by atoms with Crippen molar-refractivity contribution in [2.75, 3.05) is 32.9 Å². The molecule has 5 nitrogen and oxygen atoms in total. The Labute approximate surface area is 113 Å². The van der Waals surface area contributed by atoms with Crippen LogP contribution < -0.4 is 0 Å². The number of nitrogens with zero attached hydrogens (tertiary/aromatic N) is 1. The molecule has 0 heterocycles. The lowest BCUT2D eigenvalue weighted by molar-refractivity contribution is 0.0601. The van der Waals surface area contributed by atoms with Crippen molar-refractivity contribution in [3.05, 3.63) is 35.9 Å². The number of carbonyl (C=O) groups excluding carboxylic acids is 1. The van der Waals surface area contributed by atoms with Gasteiger partial charge in [-0.05, 0) is 12.5 Å². The molecule has 0 unspecified atom stereocenters. The summed E-state index contributed by atoms with van der Waals surface area (Å²) in [6, 6.07) is 9.55. The monoisotopic (exact) mass is 267 g/mol. The summed E-state index contributed by atoms with van der Waals surface area (Å²) in [6.07, 6.45) is -0.348. The minimum atomic E-state index is -0.348. The lowest BCUT2D eigenvalue weighted by Crippen LogP contribution is -2.34. The minimum Gasteiger partial charge on any atom is -0.445 e. The lowest BCUT2D eigenvalue weighted by Gasteiger charge is -2.20. The van der Waals surface area contributed by atoms with Crippen molar-refractivity contribution in [2.24, 2.45) is 0 Å². The number of benzene rings is 1. The molecule has 0 radical (unpaired) electrons. The van der Waals surface area contributed by atoms with Gasteiger partial charge in [-0.25, -0.2) is 4.79 Å². The van der Waals surface area contributed by atoms with Crippen LogP contribution in [-0.2, 0) is 16.1 Å². The highest BCUT2D eigenvalue weighted by Gasteiger charge is 2.12. The van der Waals surface area contributed by atoms with E-state index in [1.54, 1.807) is 4.90 Å². The van der Waals surface area contributed by atoms with Crippen molar-refractivity contribution in [2.45, 2.75) is 13.5 Å². The molecule has 0 aromatic heterocycles. The number of aliphatic hydroxyl groups excluding tert-OH is 1. The second kappa shape index (κ2) is 9.35. The Kier molecular flexibility index (Phi) is 7.62. The lowest BCUT2D eigenvalue weighted by atomic mass is 10.2. The van der Waals surface area contributed by atoms with Crippen molar-refractivity contribution >= 4 is 6.09 Å². The van der Waals surface area contributed by atoms with Crippen LogP contribution in [-0.4, -0.2) is 49.0 Å². The number of aliphatic hydroxyl groups is 1. The molecule has 0 aliphatic heterocycles. The van der Waals surface area contributed by atoms with Crippen molar-refractivity contribution in [1.82, 2.24) is 4.90 Å². The van der Waals surface area contributed by atoms with E-state index in [4.69, 9.17) is 14.6 Å². The van der Waals surface area contributed by atoms with E-state index in [0.717, 1.165) is 5.56 Å². The van der Waals surface area contributed by atoms with Gasteiger partial charge in [0.2, 0.25) is 0 Å². The molecule has 0 atom stereocenters. The largest absolute Gasteiger partial charge is 0.445 e. The first-order valence-electron chi connectivity index (χ1n) is 6.42. The van der Waals surface area contributed by atoms with Crippen LogP contribution in [0.25, 0.3) is 0 Å². The highest BCUT2D eigenvalue weighted by molar-refractivity contribution is 5.67. The smallest absolute Gasteiger partial charge is 0.410 e. The second-order valence-corrected chi connectivity index (χ2v) is 3.96. The third-order valence-electron chi connectivity index (χ3n) is 2.59. The molecule has 1 amide bonds. The van der Waals surface area contributed by atoms with Crippen LogP contribution in [0.5, 0.6) is 0 Å². The average molecular weight is 267 g/mol. The molecule has 0 aliphatic rings. The number of hydrogen-bond donors (Lipinski definition) is 1. The summed E-state index contributed by atoms with van der Waals surface area (Å²) in [6.45, 7) is 3.86. The number of rotatable bonds is 8. The fourth-order valence-corrected chi connectivity index (χ4v) is 1.53. The second-order valence-electron chi connectivity index (χ2n) is 3.96. The van der Waals surface area contributed by atoms with Gasteiger partial charge >= 0.3 is 6.09 Å². The summed E-state index contributed by atoms with van der Waals surface area (Å²) in [7, 11) is 0. The first kappa shape index (κ1) is 15.5. The van der Waals surface area contributed by atoms with E-state index in [1.165, 1.54) is 0 Å². The van der Waals surface area contributed by atoms with Gasteiger partial charge in [-0.3, -0.25) is 0 Å².